The molecule has 3 atom stereocenters. The lowest BCUT2D eigenvalue weighted by Crippen LogP contribution is -2.64. The number of nitrogens with one attached hydrogen (secondary N) is 1. The van der Waals surface area contributed by atoms with Crippen LogP contribution in [0.25, 0.3) is 0 Å². The van der Waals surface area contributed by atoms with Crippen LogP contribution in [0, 0.1) is 5.92 Å². The molecule has 2 aliphatic heterocycles. The van der Waals surface area contributed by atoms with Crippen LogP contribution < -0.4 is 5.32 Å². The van der Waals surface area contributed by atoms with Crippen molar-refractivity contribution in [2.24, 2.45) is 5.92 Å². The van der Waals surface area contributed by atoms with Crippen molar-refractivity contribution in [2.45, 2.75) is 58.0 Å². The van der Waals surface area contributed by atoms with Gasteiger partial charge in [0.2, 0.25) is 11.8 Å². The van der Waals surface area contributed by atoms with Crippen molar-refractivity contribution in [2.75, 3.05) is 19.8 Å². The highest BCUT2D eigenvalue weighted by Crippen LogP contribution is 2.21. The van der Waals surface area contributed by atoms with Crippen LogP contribution in [-0.2, 0) is 14.3 Å². The third-order valence-electron chi connectivity index (χ3n) is 4.25. The topological polar surface area (TPSA) is 58.6 Å². The van der Waals surface area contributed by atoms with Gasteiger partial charge in [-0.1, -0.05) is 20.3 Å². The Balaban J connectivity index is 2.06. The molecule has 0 spiro atoms. The third kappa shape index (κ3) is 3.32. The Morgan fingerprint density at radius 3 is 2.75 bits per heavy atom. The van der Waals surface area contributed by atoms with Gasteiger partial charge in [-0.05, 0) is 31.6 Å². The first-order valence-electron chi connectivity index (χ1n) is 7.86. The summed E-state index contributed by atoms with van der Waals surface area (Å²) in [6.07, 6.45) is 4.42. The second kappa shape index (κ2) is 7.07. The first-order chi connectivity index (χ1) is 9.67. The van der Waals surface area contributed by atoms with Crippen molar-refractivity contribution in [3.05, 3.63) is 0 Å². The molecule has 2 rings (SSSR count). The maximum atomic E-state index is 12.6. The highest BCUT2D eigenvalue weighted by Gasteiger charge is 2.39. The van der Waals surface area contributed by atoms with E-state index in [1.54, 1.807) is 4.90 Å². The first kappa shape index (κ1) is 15.3. The maximum Gasteiger partial charge on any atom is 0.245 e. The average Bonchev–Trinajstić information content (AvgIpc) is 2.46. The molecule has 0 bridgehead atoms. The van der Waals surface area contributed by atoms with Crippen LogP contribution >= 0.6 is 0 Å². The van der Waals surface area contributed by atoms with Gasteiger partial charge in [0.25, 0.3) is 0 Å². The molecule has 3 unspecified atom stereocenters. The zero-order valence-corrected chi connectivity index (χ0v) is 12.6. The lowest BCUT2D eigenvalue weighted by molar-refractivity contribution is -0.151. The van der Waals surface area contributed by atoms with Gasteiger partial charge in [-0.15, -0.1) is 0 Å². The van der Waals surface area contributed by atoms with Gasteiger partial charge in [0, 0.05) is 13.2 Å². The summed E-state index contributed by atoms with van der Waals surface area (Å²) in [6, 6.07) is -0.641. The SMILES string of the molecule is CCCC1NC(=O)C(CC)N(CC2CCCOC2)C1=O. The Hall–Kier alpha value is -1.10. The van der Waals surface area contributed by atoms with Gasteiger partial charge in [0.15, 0.2) is 0 Å². The largest absolute Gasteiger partial charge is 0.381 e. The summed E-state index contributed by atoms with van der Waals surface area (Å²) in [7, 11) is 0. The summed E-state index contributed by atoms with van der Waals surface area (Å²) in [5, 5.41) is 2.87. The zero-order valence-electron chi connectivity index (χ0n) is 12.6. The number of carbonyl (C=O) groups excluding carboxylic acids is 2. The van der Waals surface area contributed by atoms with Gasteiger partial charge >= 0.3 is 0 Å². The van der Waals surface area contributed by atoms with Gasteiger partial charge in [-0.3, -0.25) is 9.59 Å². The van der Waals surface area contributed by atoms with Gasteiger partial charge in [0.1, 0.15) is 12.1 Å². The Bertz CT molecular complexity index is 353. The summed E-state index contributed by atoms with van der Waals surface area (Å²) in [5.41, 5.74) is 0. The molecule has 2 saturated heterocycles. The van der Waals surface area contributed by atoms with Crippen molar-refractivity contribution >= 4 is 11.8 Å². The van der Waals surface area contributed by atoms with Crippen LogP contribution in [0.5, 0.6) is 0 Å². The first-order valence-corrected chi connectivity index (χ1v) is 7.86. The molecule has 0 aromatic heterocycles. The molecule has 2 amide bonds. The van der Waals surface area contributed by atoms with Gasteiger partial charge in [-0.2, -0.15) is 0 Å². The van der Waals surface area contributed by atoms with Crippen LogP contribution in [0.1, 0.15) is 46.0 Å². The fraction of sp³-hybridized carbons (Fsp3) is 0.867. The molecular formula is C15H26N2O3. The molecule has 2 fully saturated rings. The number of carbonyl (C=O) groups is 2. The quantitative estimate of drug-likeness (QED) is 0.827. The summed E-state index contributed by atoms with van der Waals surface area (Å²) in [5.74, 6) is 0.459. The van der Waals surface area contributed by atoms with E-state index in [0.29, 0.717) is 25.5 Å². The summed E-state index contributed by atoms with van der Waals surface area (Å²) >= 11 is 0. The zero-order chi connectivity index (χ0) is 14.5. The monoisotopic (exact) mass is 282 g/mol. The molecule has 2 aliphatic rings. The molecule has 0 aromatic rings. The molecule has 1 N–H and O–H groups in total. The Kier molecular flexibility index (Phi) is 5.40. The van der Waals surface area contributed by atoms with E-state index in [2.05, 4.69) is 5.32 Å². The number of amides is 2. The Morgan fingerprint density at radius 1 is 1.35 bits per heavy atom. The predicted molar refractivity (Wildman–Crippen MR) is 76.2 cm³/mol. The molecule has 0 radical (unpaired) electrons. The number of nitrogens with zero attached hydrogens (tertiary/aromatic N) is 1. The van der Waals surface area contributed by atoms with Crippen LogP contribution in [0.15, 0.2) is 0 Å². The highest BCUT2D eigenvalue weighted by molar-refractivity contribution is 5.96. The number of piperazine rings is 1. The van der Waals surface area contributed by atoms with Crippen molar-refractivity contribution in [3.8, 4) is 0 Å². The Morgan fingerprint density at radius 2 is 2.15 bits per heavy atom. The normalized spacial score (nSPS) is 31.3. The summed E-state index contributed by atoms with van der Waals surface area (Å²) in [4.78, 5) is 26.6. The molecule has 2 heterocycles. The standard InChI is InChI=1S/C15H26N2O3/c1-3-6-12-15(19)17(13(4-2)14(18)16-12)9-11-7-5-8-20-10-11/h11-13H,3-10H2,1-2H3,(H,16,18). The molecule has 20 heavy (non-hydrogen) atoms. The lowest BCUT2D eigenvalue weighted by Gasteiger charge is -2.40. The van der Waals surface area contributed by atoms with E-state index in [1.807, 2.05) is 13.8 Å². The van der Waals surface area contributed by atoms with E-state index in [4.69, 9.17) is 4.74 Å². The van der Waals surface area contributed by atoms with Crippen molar-refractivity contribution in [3.63, 3.8) is 0 Å². The molecule has 114 valence electrons. The second-order valence-electron chi connectivity index (χ2n) is 5.85. The van der Waals surface area contributed by atoms with Gasteiger partial charge < -0.3 is 15.0 Å². The highest BCUT2D eigenvalue weighted by atomic mass is 16.5. The number of hydrogen-bond acceptors (Lipinski definition) is 3. The van der Waals surface area contributed by atoms with Crippen LogP contribution in [0.2, 0.25) is 0 Å². The molecule has 0 saturated carbocycles. The van der Waals surface area contributed by atoms with Crippen molar-refractivity contribution in [1.29, 1.82) is 0 Å². The van der Waals surface area contributed by atoms with E-state index in [-0.39, 0.29) is 23.9 Å². The van der Waals surface area contributed by atoms with E-state index in [9.17, 15) is 9.59 Å². The van der Waals surface area contributed by atoms with Gasteiger partial charge in [0.05, 0.1) is 6.61 Å². The smallest absolute Gasteiger partial charge is 0.245 e. The maximum absolute atomic E-state index is 12.6. The molecule has 5 nitrogen and oxygen atoms in total. The second-order valence-corrected chi connectivity index (χ2v) is 5.85. The average molecular weight is 282 g/mol. The molecular weight excluding hydrogens is 256 g/mol. The van der Waals surface area contributed by atoms with E-state index >= 15 is 0 Å². The third-order valence-corrected chi connectivity index (χ3v) is 4.25. The predicted octanol–water partition coefficient (Wildman–Crippen LogP) is 1.32. The van der Waals surface area contributed by atoms with Crippen LogP contribution in [-0.4, -0.2) is 48.6 Å². The fourth-order valence-electron chi connectivity index (χ4n) is 3.16. The number of hydrogen-bond donors (Lipinski definition) is 1. The van der Waals surface area contributed by atoms with E-state index < -0.39 is 0 Å². The van der Waals surface area contributed by atoms with E-state index in [0.717, 1.165) is 32.3 Å². The summed E-state index contributed by atoms with van der Waals surface area (Å²) in [6.45, 7) is 6.18. The van der Waals surface area contributed by atoms with Crippen molar-refractivity contribution in [1.82, 2.24) is 10.2 Å². The molecule has 0 aromatic carbocycles. The van der Waals surface area contributed by atoms with Crippen LogP contribution in [0.4, 0.5) is 0 Å². The van der Waals surface area contributed by atoms with Crippen LogP contribution in [0.3, 0.4) is 0 Å². The summed E-state index contributed by atoms with van der Waals surface area (Å²) < 4.78 is 5.49. The molecule has 0 aliphatic carbocycles. The van der Waals surface area contributed by atoms with Gasteiger partial charge in [-0.25, -0.2) is 0 Å². The number of rotatable bonds is 5. The van der Waals surface area contributed by atoms with Crippen molar-refractivity contribution < 1.29 is 14.3 Å². The Labute approximate surface area is 121 Å². The lowest BCUT2D eigenvalue weighted by atomic mass is 9.96. The minimum atomic E-state index is -0.334. The minimum absolute atomic E-state index is 0.00211. The molecule has 5 heteroatoms. The van der Waals surface area contributed by atoms with E-state index in [1.165, 1.54) is 0 Å². The minimum Gasteiger partial charge on any atom is -0.381 e. The fourth-order valence-corrected chi connectivity index (χ4v) is 3.16. The number of ether oxygens (including phenoxy) is 1.